The number of allylic oxidation sites excluding steroid dienone is 3. The standard InChI is InChI=1S/C11H17N/c1-3-9-6-5-7-10(8-12)11(9)4-2/h3-4,10H,1-2,5-8,12H2. The zero-order valence-corrected chi connectivity index (χ0v) is 7.55. The molecule has 2 N–H and O–H groups in total. The van der Waals surface area contributed by atoms with Crippen molar-refractivity contribution in [2.75, 3.05) is 6.54 Å². The Hall–Kier alpha value is -0.820. The molecule has 1 atom stereocenters. The predicted molar refractivity (Wildman–Crippen MR) is 53.8 cm³/mol. The molecule has 0 aliphatic heterocycles. The normalized spacial score (nSPS) is 23.9. The van der Waals surface area contributed by atoms with Gasteiger partial charge in [0.15, 0.2) is 0 Å². The van der Waals surface area contributed by atoms with E-state index >= 15 is 0 Å². The Morgan fingerprint density at radius 1 is 1.42 bits per heavy atom. The number of hydrogen-bond donors (Lipinski definition) is 1. The first-order valence-electron chi connectivity index (χ1n) is 4.51. The van der Waals surface area contributed by atoms with Gasteiger partial charge in [-0.05, 0) is 42.9 Å². The Morgan fingerprint density at radius 2 is 2.17 bits per heavy atom. The van der Waals surface area contributed by atoms with Crippen LogP contribution in [-0.4, -0.2) is 6.54 Å². The third-order valence-electron chi connectivity index (χ3n) is 2.56. The summed E-state index contributed by atoms with van der Waals surface area (Å²) in [6, 6.07) is 0. The zero-order chi connectivity index (χ0) is 8.97. The molecule has 1 aliphatic carbocycles. The summed E-state index contributed by atoms with van der Waals surface area (Å²) in [5, 5.41) is 0. The topological polar surface area (TPSA) is 26.0 Å². The first-order chi connectivity index (χ1) is 5.83. The van der Waals surface area contributed by atoms with Crippen molar-refractivity contribution in [2.45, 2.75) is 19.3 Å². The smallest absolute Gasteiger partial charge is 0.000814 e. The molecule has 0 aromatic carbocycles. The molecule has 0 aromatic heterocycles. The van der Waals surface area contributed by atoms with Gasteiger partial charge in [0.1, 0.15) is 0 Å². The molecule has 1 heteroatoms. The molecule has 0 saturated carbocycles. The third-order valence-corrected chi connectivity index (χ3v) is 2.56. The molecule has 66 valence electrons. The van der Waals surface area contributed by atoms with Gasteiger partial charge in [0.2, 0.25) is 0 Å². The molecule has 1 nitrogen and oxygen atoms in total. The molecule has 0 fully saturated rings. The van der Waals surface area contributed by atoms with E-state index in [0.717, 1.165) is 13.0 Å². The predicted octanol–water partition coefficient (Wildman–Crippen LogP) is 2.41. The summed E-state index contributed by atoms with van der Waals surface area (Å²) in [7, 11) is 0. The van der Waals surface area contributed by atoms with E-state index in [9.17, 15) is 0 Å². The summed E-state index contributed by atoms with van der Waals surface area (Å²) in [5.74, 6) is 0.518. The highest BCUT2D eigenvalue weighted by Crippen LogP contribution is 2.30. The molecular formula is C11H17N. The molecule has 0 radical (unpaired) electrons. The van der Waals surface area contributed by atoms with Crippen molar-refractivity contribution in [3.05, 3.63) is 36.5 Å². The van der Waals surface area contributed by atoms with Crippen molar-refractivity contribution in [3.63, 3.8) is 0 Å². The fourth-order valence-electron chi connectivity index (χ4n) is 1.86. The highest BCUT2D eigenvalue weighted by Gasteiger charge is 2.17. The van der Waals surface area contributed by atoms with E-state index in [1.807, 2.05) is 12.2 Å². The summed E-state index contributed by atoms with van der Waals surface area (Å²) in [6.45, 7) is 8.36. The lowest BCUT2D eigenvalue weighted by atomic mass is 9.83. The van der Waals surface area contributed by atoms with E-state index in [-0.39, 0.29) is 0 Å². The Kier molecular flexibility index (Phi) is 3.30. The molecular weight excluding hydrogens is 146 g/mol. The number of nitrogens with two attached hydrogens (primary N) is 1. The Bertz CT molecular complexity index is 213. The SMILES string of the molecule is C=CC1=C(C=C)C(CN)CCC1. The van der Waals surface area contributed by atoms with Crippen LogP contribution in [0.3, 0.4) is 0 Å². The van der Waals surface area contributed by atoms with Crippen molar-refractivity contribution in [3.8, 4) is 0 Å². The fourth-order valence-corrected chi connectivity index (χ4v) is 1.86. The average Bonchev–Trinajstić information content (AvgIpc) is 2.16. The van der Waals surface area contributed by atoms with Crippen LogP contribution >= 0.6 is 0 Å². The summed E-state index contributed by atoms with van der Waals surface area (Å²) in [6.07, 6.45) is 7.46. The van der Waals surface area contributed by atoms with E-state index in [2.05, 4.69) is 13.2 Å². The largest absolute Gasteiger partial charge is 0.330 e. The summed E-state index contributed by atoms with van der Waals surface area (Å²) in [5.41, 5.74) is 8.33. The van der Waals surface area contributed by atoms with Gasteiger partial charge < -0.3 is 5.73 Å². The van der Waals surface area contributed by atoms with Gasteiger partial charge in [-0.25, -0.2) is 0 Å². The Balaban J connectivity index is 2.92. The first kappa shape index (κ1) is 9.27. The molecule has 0 spiro atoms. The molecule has 1 unspecified atom stereocenters. The second-order valence-electron chi connectivity index (χ2n) is 3.21. The van der Waals surface area contributed by atoms with Crippen LogP contribution in [0.5, 0.6) is 0 Å². The van der Waals surface area contributed by atoms with E-state index < -0.39 is 0 Å². The van der Waals surface area contributed by atoms with E-state index in [1.165, 1.54) is 24.0 Å². The molecule has 1 aliphatic rings. The maximum absolute atomic E-state index is 5.67. The van der Waals surface area contributed by atoms with Crippen LogP contribution in [0.25, 0.3) is 0 Å². The summed E-state index contributed by atoms with van der Waals surface area (Å²) < 4.78 is 0. The van der Waals surface area contributed by atoms with Crippen molar-refractivity contribution in [1.82, 2.24) is 0 Å². The quantitative estimate of drug-likeness (QED) is 0.679. The van der Waals surface area contributed by atoms with Crippen LogP contribution in [0, 0.1) is 5.92 Å². The minimum atomic E-state index is 0.518. The van der Waals surface area contributed by atoms with Crippen molar-refractivity contribution >= 4 is 0 Å². The minimum absolute atomic E-state index is 0.518. The monoisotopic (exact) mass is 163 g/mol. The Morgan fingerprint density at radius 3 is 2.67 bits per heavy atom. The Labute approximate surface area is 74.7 Å². The molecule has 0 aromatic rings. The van der Waals surface area contributed by atoms with Gasteiger partial charge in [0.25, 0.3) is 0 Å². The van der Waals surface area contributed by atoms with Crippen molar-refractivity contribution in [2.24, 2.45) is 11.7 Å². The van der Waals surface area contributed by atoms with Crippen molar-refractivity contribution < 1.29 is 0 Å². The molecule has 0 heterocycles. The van der Waals surface area contributed by atoms with Crippen LogP contribution in [0.1, 0.15) is 19.3 Å². The van der Waals surface area contributed by atoms with Gasteiger partial charge in [-0.1, -0.05) is 25.3 Å². The van der Waals surface area contributed by atoms with Gasteiger partial charge >= 0.3 is 0 Å². The lowest BCUT2D eigenvalue weighted by molar-refractivity contribution is 0.521. The summed E-state index contributed by atoms with van der Waals surface area (Å²) in [4.78, 5) is 0. The summed E-state index contributed by atoms with van der Waals surface area (Å²) >= 11 is 0. The number of hydrogen-bond acceptors (Lipinski definition) is 1. The third kappa shape index (κ3) is 1.67. The fraction of sp³-hybridized carbons (Fsp3) is 0.455. The first-order valence-corrected chi connectivity index (χ1v) is 4.51. The lowest BCUT2D eigenvalue weighted by Crippen LogP contribution is -2.19. The van der Waals surface area contributed by atoms with E-state index in [1.54, 1.807) is 0 Å². The van der Waals surface area contributed by atoms with Gasteiger partial charge in [-0.15, -0.1) is 0 Å². The van der Waals surface area contributed by atoms with E-state index in [0.29, 0.717) is 5.92 Å². The molecule has 1 rings (SSSR count). The van der Waals surface area contributed by atoms with Crippen LogP contribution in [0.4, 0.5) is 0 Å². The maximum Gasteiger partial charge on any atom is -0.000814 e. The van der Waals surface area contributed by atoms with Crippen molar-refractivity contribution in [1.29, 1.82) is 0 Å². The van der Waals surface area contributed by atoms with Crippen LogP contribution in [0.15, 0.2) is 36.5 Å². The maximum atomic E-state index is 5.67. The molecule has 12 heavy (non-hydrogen) atoms. The highest BCUT2D eigenvalue weighted by molar-refractivity contribution is 5.35. The lowest BCUT2D eigenvalue weighted by Gasteiger charge is -2.24. The number of rotatable bonds is 3. The zero-order valence-electron chi connectivity index (χ0n) is 7.55. The second-order valence-corrected chi connectivity index (χ2v) is 3.21. The van der Waals surface area contributed by atoms with Gasteiger partial charge in [-0.3, -0.25) is 0 Å². The molecule has 0 amide bonds. The van der Waals surface area contributed by atoms with Gasteiger partial charge in [-0.2, -0.15) is 0 Å². The second kappa shape index (κ2) is 4.27. The highest BCUT2D eigenvalue weighted by atomic mass is 14.6. The van der Waals surface area contributed by atoms with Gasteiger partial charge in [0, 0.05) is 0 Å². The van der Waals surface area contributed by atoms with Crippen LogP contribution < -0.4 is 5.73 Å². The average molecular weight is 163 g/mol. The van der Waals surface area contributed by atoms with E-state index in [4.69, 9.17) is 5.73 Å². The van der Waals surface area contributed by atoms with Crippen LogP contribution in [-0.2, 0) is 0 Å². The van der Waals surface area contributed by atoms with Crippen LogP contribution in [0.2, 0.25) is 0 Å². The molecule has 0 saturated heterocycles. The van der Waals surface area contributed by atoms with Gasteiger partial charge in [0.05, 0.1) is 0 Å². The minimum Gasteiger partial charge on any atom is -0.330 e. The molecule has 0 bridgehead atoms.